The predicted molar refractivity (Wildman–Crippen MR) is 122 cm³/mol. The lowest BCUT2D eigenvalue weighted by molar-refractivity contribution is 0.601. The molecule has 4 rings (SSSR count). The summed E-state index contributed by atoms with van der Waals surface area (Å²) in [4.78, 5) is 0.641. The minimum atomic E-state index is -3.80. The smallest absolute Gasteiger partial charge is 0.262 e. The summed E-state index contributed by atoms with van der Waals surface area (Å²) in [5.74, 6) is 0. The van der Waals surface area contributed by atoms with Crippen LogP contribution in [-0.4, -0.2) is 8.42 Å². The van der Waals surface area contributed by atoms with Crippen LogP contribution < -0.4 is 4.72 Å². The van der Waals surface area contributed by atoms with Crippen LogP contribution in [0.5, 0.6) is 0 Å². The molecular weight excluding hydrogens is 412 g/mol. The molecule has 0 saturated heterocycles. The molecule has 0 fully saturated rings. The van der Waals surface area contributed by atoms with Gasteiger partial charge in [0.25, 0.3) is 10.0 Å². The van der Waals surface area contributed by atoms with Crippen LogP contribution in [0.3, 0.4) is 0 Å². The van der Waals surface area contributed by atoms with Crippen molar-refractivity contribution < 1.29 is 8.42 Å². The van der Waals surface area contributed by atoms with Crippen molar-refractivity contribution in [3.8, 4) is 28.3 Å². The molecule has 1 aromatic heterocycles. The summed E-state index contributed by atoms with van der Waals surface area (Å²) in [5.41, 5.74) is 4.13. The maximum Gasteiger partial charge on any atom is 0.262 e. The molecule has 0 bridgehead atoms. The molecule has 1 heterocycles. The lowest BCUT2D eigenvalue weighted by Crippen LogP contribution is -2.12. The Kier molecular flexibility index (Phi) is 5.40. The highest BCUT2D eigenvalue weighted by Crippen LogP contribution is 2.46. The van der Waals surface area contributed by atoms with Crippen LogP contribution in [0.2, 0.25) is 0 Å². The molecule has 4 nitrogen and oxygen atoms in total. The van der Waals surface area contributed by atoms with Gasteiger partial charge in [0.1, 0.15) is 15.9 Å². The summed E-state index contributed by atoms with van der Waals surface area (Å²) < 4.78 is 28.8. The van der Waals surface area contributed by atoms with E-state index in [0.29, 0.717) is 15.4 Å². The topological polar surface area (TPSA) is 70.0 Å². The largest absolute Gasteiger partial charge is 0.270 e. The van der Waals surface area contributed by atoms with Gasteiger partial charge in [0, 0.05) is 11.1 Å². The van der Waals surface area contributed by atoms with Crippen molar-refractivity contribution in [1.82, 2.24) is 0 Å². The van der Waals surface area contributed by atoms with Gasteiger partial charge in [-0.25, -0.2) is 8.42 Å². The van der Waals surface area contributed by atoms with E-state index in [0.717, 1.165) is 33.6 Å². The number of hydrogen-bond acceptors (Lipinski definition) is 4. The lowest BCUT2D eigenvalue weighted by Gasteiger charge is -2.11. The van der Waals surface area contributed by atoms with Gasteiger partial charge in [-0.05, 0) is 30.2 Å². The standard InChI is InChI=1S/C24H18N2O2S2/c1-17-12-14-20(15-13-17)30(27,28)26-24-23(19-10-6-3-7-11-19)22(21(16-25)29-24)18-8-4-2-5-9-18/h2-15,26H,1H3. The molecule has 148 valence electrons. The van der Waals surface area contributed by atoms with E-state index < -0.39 is 10.0 Å². The Labute approximate surface area is 180 Å². The summed E-state index contributed by atoms with van der Waals surface area (Å²) >= 11 is 1.15. The maximum atomic E-state index is 13.1. The van der Waals surface area contributed by atoms with E-state index in [1.54, 1.807) is 24.3 Å². The first-order chi connectivity index (χ1) is 14.5. The van der Waals surface area contributed by atoms with Gasteiger partial charge >= 0.3 is 0 Å². The molecular formula is C24H18N2O2S2. The number of thiophene rings is 1. The molecule has 0 unspecified atom stereocenters. The number of benzene rings is 3. The summed E-state index contributed by atoms with van der Waals surface area (Å²) in [6, 6.07) is 28.0. The molecule has 4 aromatic rings. The molecule has 0 saturated carbocycles. The zero-order valence-electron chi connectivity index (χ0n) is 16.2. The molecule has 1 N–H and O–H groups in total. The van der Waals surface area contributed by atoms with Crippen LogP contribution in [0.4, 0.5) is 5.00 Å². The first kappa shape index (κ1) is 19.9. The highest BCUT2D eigenvalue weighted by molar-refractivity contribution is 7.93. The SMILES string of the molecule is Cc1ccc(S(=O)(=O)Nc2sc(C#N)c(-c3ccccc3)c2-c2ccccc2)cc1. The van der Waals surface area contributed by atoms with Crippen molar-refractivity contribution in [2.45, 2.75) is 11.8 Å². The minimum absolute atomic E-state index is 0.181. The van der Waals surface area contributed by atoms with Crippen molar-refractivity contribution in [3.05, 3.63) is 95.4 Å². The maximum absolute atomic E-state index is 13.1. The molecule has 0 atom stereocenters. The average molecular weight is 431 g/mol. The quantitative estimate of drug-likeness (QED) is 0.418. The number of nitrogens with one attached hydrogen (secondary N) is 1. The van der Waals surface area contributed by atoms with Gasteiger partial charge < -0.3 is 0 Å². The highest BCUT2D eigenvalue weighted by Gasteiger charge is 2.24. The lowest BCUT2D eigenvalue weighted by atomic mass is 9.96. The van der Waals surface area contributed by atoms with Crippen molar-refractivity contribution in [3.63, 3.8) is 0 Å². The first-order valence-electron chi connectivity index (χ1n) is 9.27. The van der Waals surface area contributed by atoms with Crippen LogP contribution in [0.25, 0.3) is 22.3 Å². The second kappa shape index (κ2) is 8.15. The van der Waals surface area contributed by atoms with Crippen molar-refractivity contribution in [1.29, 1.82) is 5.26 Å². The normalized spacial score (nSPS) is 11.1. The van der Waals surface area contributed by atoms with Crippen LogP contribution in [0.15, 0.2) is 89.8 Å². The molecule has 0 aliphatic heterocycles. The molecule has 0 aliphatic carbocycles. The third kappa shape index (κ3) is 3.86. The third-order valence-corrected chi connectivity index (χ3v) is 7.20. The van der Waals surface area contributed by atoms with Crippen molar-refractivity contribution in [2.24, 2.45) is 0 Å². The number of aryl methyl sites for hydroxylation is 1. The van der Waals surface area contributed by atoms with E-state index in [2.05, 4.69) is 10.8 Å². The van der Waals surface area contributed by atoms with Gasteiger partial charge in [0.05, 0.1) is 4.90 Å². The Morgan fingerprint density at radius 3 is 1.87 bits per heavy atom. The molecule has 0 amide bonds. The van der Waals surface area contributed by atoms with Crippen molar-refractivity contribution >= 4 is 26.4 Å². The predicted octanol–water partition coefficient (Wildman–Crippen LogP) is 6.06. The molecule has 6 heteroatoms. The molecule has 3 aromatic carbocycles. The Morgan fingerprint density at radius 1 is 0.800 bits per heavy atom. The second-order valence-corrected chi connectivity index (χ2v) is 9.48. The van der Waals surface area contributed by atoms with E-state index in [1.807, 2.05) is 67.6 Å². The van der Waals surface area contributed by atoms with Crippen LogP contribution in [0, 0.1) is 18.3 Å². The van der Waals surface area contributed by atoms with Crippen molar-refractivity contribution in [2.75, 3.05) is 4.72 Å². The number of sulfonamides is 1. The van der Waals surface area contributed by atoms with E-state index in [-0.39, 0.29) is 4.90 Å². The molecule has 0 aliphatic rings. The Bertz CT molecular complexity index is 1320. The average Bonchev–Trinajstić information content (AvgIpc) is 3.12. The third-order valence-electron chi connectivity index (χ3n) is 4.69. The fourth-order valence-electron chi connectivity index (χ4n) is 3.24. The van der Waals surface area contributed by atoms with Gasteiger partial charge in [0.15, 0.2) is 0 Å². The van der Waals surface area contributed by atoms with Gasteiger partial charge in [-0.15, -0.1) is 11.3 Å². The molecule has 0 spiro atoms. The zero-order valence-corrected chi connectivity index (χ0v) is 17.8. The van der Waals surface area contributed by atoms with Gasteiger partial charge in [0.2, 0.25) is 0 Å². The number of nitrogens with zero attached hydrogens (tertiary/aromatic N) is 1. The first-order valence-corrected chi connectivity index (χ1v) is 11.6. The number of anilines is 1. The fourth-order valence-corrected chi connectivity index (χ4v) is 5.59. The minimum Gasteiger partial charge on any atom is -0.270 e. The number of rotatable bonds is 5. The number of hydrogen-bond donors (Lipinski definition) is 1. The summed E-state index contributed by atoms with van der Waals surface area (Å²) in [7, 11) is -3.80. The fraction of sp³-hybridized carbons (Fsp3) is 0.0417. The highest BCUT2D eigenvalue weighted by atomic mass is 32.2. The van der Waals surface area contributed by atoms with Crippen LogP contribution >= 0.6 is 11.3 Å². The second-order valence-electron chi connectivity index (χ2n) is 6.77. The van der Waals surface area contributed by atoms with Gasteiger partial charge in [-0.3, -0.25) is 4.72 Å². The van der Waals surface area contributed by atoms with Crippen LogP contribution in [0.1, 0.15) is 10.4 Å². The van der Waals surface area contributed by atoms with Gasteiger partial charge in [-0.1, -0.05) is 78.4 Å². The van der Waals surface area contributed by atoms with E-state index in [4.69, 9.17) is 0 Å². The number of nitriles is 1. The van der Waals surface area contributed by atoms with Gasteiger partial charge in [-0.2, -0.15) is 5.26 Å². The zero-order chi connectivity index (χ0) is 21.1. The van der Waals surface area contributed by atoms with E-state index in [1.165, 1.54) is 0 Å². The van der Waals surface area contributed by atoms with Crippen LogP contribution in [-0.2, 0) is 10.0 Å². The summed E-state index contributed by atoms with van der Waals surface area (Å²) in [5, 5.41) is 10.2. The Hall–Kier alpha value is -3.40. The van der Waals surface area contributed by atoms with E-state index in [9.17, 15) is 13.7 Å². The Morgan fingerprint density at radius 2 is 1.33 bits per heavy atom. The van der Waals surface area contributed by atoms with E-state index >= 15 is 0 Å². The monoisotopic (exact) mass is 430 g/mol. The summed E-state index contributed by atoms with van der Waals surface area (Å²) in [6.45, 7) is 1.90. The Balaban J connectivity index is 1.91. The molecule has 30 heavy (non-hydrogen) atoms. The summed E-state index contributed by atoms with van der Waals surface area (Å²) in [6.07, 6.45) is 0. The molecule has 0 radical (unpaired) electrons.